The summed E-state index contributed by atoms with van der Waals surface area (Å²) in [6.45, 7) is 1.61. The van der Waals surface area contributed by atoms with E-state index in [4.69, 9.17) is 9.15 Å². The van der Waals surface area contributed by atoms with Crippen LogP contribution in [0.1, 0.15) is 56.2 Å². The number of aromatic nitrogens is 2. The molecule has 1 amide bonds. The Morgan fingerprint density at radius 2 is 2.00 bits per heavy atom. The van der Waals surface area contributed by atoms with Gasteiger partial charge >= 0.3 is 5.97 Å². The normalized spacial score (nSPS) is 13.8. The van der Waals surface area contributed by atoms with E-state index in [1.807, 2.05) is 0 Å². The van der Waals surface area contributed by atoms with Crippen molar-refractivity contribution < 1.29 is 18.7 Å². The molecule has 8 nitrogen and oxygen atoms in total. The monoisotopic (exact) mass is 415 g/mol. The number of amides is 1. The molecule has 0 bridgehead atoms. The summed E-state index contributed by atoms with van der Waals surface area (Å²) in [5.41, 5.74) is 1.26. The first kappa shape index (κ1) is 19.4. The van der Waals surface area contributed by atoms with Crippen LogP contribution in [0.5, 0.6) is 0 Å². The molecule has 3 aromatic rings. The van der Waals surface area contributed by atoms with Crippen molar-refractivity contribution in [3.05, 3.63) is 44.0 Å². The number of ether oxygens (including phenoxy) is 1. The lowest BCUT2D eigenvalue weighted by molar-refractivity contribution is 0.0601. The zero-order chi connectivity index (χ0) is 20.7. The second kappa shape index (κ2) is 7.47. The van der Waals surface area contributed by atoms with E-state index in [9.17, 15) is 14.4 Å². The highest BCUT2D eigenvalue weighted by molar-refractivity contribution is 7.17. The fourth-order valence-electron chi connectivity index (χ4n) is 3.77. The number of nitrogens with one attached hydrogen (secondary N) is 1. The quantitative estimate of drug-likeness (QED) is 0.520. The second-order valence-corrected chi connectivity index (χ2v) is 8.19. The third-order valence-electron chi connectivity index (χ3n) is 5.21. The van der Waals surface area contributed by atoms with Gasteiger partial charge in [0, 0.05) is 11.9 Å². The topological polar surface area (TPSA) is 103 Å². The Balaban J connectivity index is 1.79. The Kier molecular flexibility index (Phi) is 4.99. The van der Waals surface area contributed by atoms with Gasteiger partial charge in [0.1, 0.15) is 22.5 Å². The molecule has 152 valence electrons. The van der Waals surface area contributed by atoms with Crippen molar-refractivity contribution in [1.82, 2.24) is 9.55 Å². The molecule has 0 atom stereocenters. The molecular formula is C20H21N3O5S. The molecule has 4 rings (SSSR count). The van der Waals surface area contributed by atoms with Crippen molar-refractivity contribution in [2.75, 3.05) is 12.4 Å². The zero-order valence-electron chi connectivity index (χ0n) is 16.5. The zero-order valence-corrected chi connectivity index (χ0v) is 17.3. The second-order valence-electron chi connectivity index (χ2n) is 7.09. The fraction of sp³-hybridized carbons (Fsp3) is 0.400. The Bertz CT molecular complexity index is 1190. The molecule has 0 radical (unpaired) electrons. The van der Waals surface area contributed by atoms with Gasteiger partial charge in [0.15, 0.2) is 0 Å². The predicted octanol–water partition coefficient (Wildman–Crippen LogP) is 3.20. The summed E-state index contributed by atoms with van der Waals surface area (Å²) in [7, 11) is 2.89. The average Bonchev–Trinajstić information content (AvgIpc) is 3.12. The van der Waals surface area contributed by atoms with Crippen molar-refractivity contribution >= 4 is 39.3 Å². The molecule has 1 aliphatic carbocycles. The van der Waals surface area contributed by atoms with Crippen LogP contribution in [0.15, 0.2) is 15.5 Å². The number of carbonyl (C=O) groups excluding carboxylic acids is 2. The van der Waals surface area contributed by atoms with Crippen LogP contribution >= 0.6 is 11.3 Å². The summed E-state index contributed by atoms with van der Waals surface area (Å²) in [6.07, 6.45) is 6.16. The van der Waals surface area contributed by atoms with Gasteiger partial charge in [-0.2, -0.15) is 0 Å². The average molecular weight is 415 g/mol. The molecule has 0 saturated heterocycles. The van der Waals surface area contributed by atoms with E-state index < -0.39 is 11.9 Å². The summed E-state index contributed by atoms with van der Waals surface area (Å²) < 4.78 is 11.8. The fourth-order valence-corrected chi connectivity index (χ4v) is 5.05. The summed E-state index contributed by atoms with van der Waals surface area (Å²) in [5, 5.41) is 3.40. The van der Waals surface area contributed by atoms with Gasteiger partial charge in [-0.1, -0.05) is 6.42 Å². The van der Waals surface area contributed by atoms with Gasteiger partial charge in [0.25, 0.3) is 11.5 Å². The molecule has 0 unspecified atom stereocenters. The van der Waals surface area contributed by atoms with Crippen LogP contribution in [0.2, 0.25) is 0 Å². The number of hydrogen-bond acceptors (Lipinski definition) is 7. The number of furan rings is 1. The van der Waals surface area contributed by atoms with Crippen LogP contribution in [0.4, 0.5) is 5.00 Å². The Hall–Kier alpha value is -2.94. The third kappa shape index (κ3) is 3.25. The number of thiophene rings is 1. The molecule has 0 fully saturated rings. The third-order valence-corrected chi connectivity index (χ3v) is 6.42. The first-order valence-electron chi connectivity index (χ1n) is 9.41. The highest BCUT2D eigenvalue weighted by atomic mass is 32.1. The lowest BCUT2D eigenvalue weighted by atomic mass is 10.1. The number of anilines is 1. The van der Waals surface area contributed by atoms with Gasteiger partial charge < -0.3 is 19.0 Å². The van der Waals surface area contributed by atoms with Gasteiger partial charge in [-0.25, -0.2) is 9.78 Å². The van der Waals surface area contributed by atoms with Crippen molar-refractivity contribution in [1.29, 1.82) is 0 Å². The lowest BCUT2D eigenvalue weighted by Crippen LogP contribution is -2.21. The first-order valence-corrected chi connectivity index (χ1v) is 10.2. The van der Waals surface area contributed by atoms with Gasteiger partial charge in [-0.05, 0) is 38.2 Å². The number of carbonyl (C=O) groups is 2. The minimum absolute atomic E-state index is 0.117. The number of esters is 1. The Morgan fingerprint density at radius 3 is 2.76 bits per heavy atom. The van der Waals surface area contributed by atoms with Crippen LogP contribution in [0.25, 0.3) is 11.1 Å². The number of hydrogen-bond donors (Lipinski definition) is 1. The smallest absolute Gasteiger partial charge is 0.341 e. The van der Waals surface area contributed by atoms with Crippen LogP contribution in [0, 0.1) is 6.92 Å². The summed E-state index contributed by atoms with van der Waals surface area (Å²) >= 11 is 1.40. The maximum atomic E-state index is 13.1. The predicted molar refractivity (Wildman–Crippen MR) is 109 cm³/mol. The Labute approximate surface area is 170 Å². The van der Waals surface area contributed by atoms with Crippen molar-refractivity contribution in [3.8, 4) is 0 Å². The van der Waals surface area contributed by atoms with E-state index in [0.29, 0.717) is 16.3 Å². The molecule has 0 aromatic carbocycles. The molecule has 1 aliphatic rings. The van der Waals surface area contributed by atoms with E-state index in [1.165, 1.54) is 29.3 Å². The number of aryl methyl sites for hydroxylation is 3. The summed E-state index contributed by atoms with van der Waals surface area (Å²) in [6, 6.07) is 0. The van der Waals surface area contributed by atoms with Gasteiger partial charge in [-0.3, -0.25) is 9.59 Å². The SMILES string of the molecule is COC(=O)c1c(NC(=O)c2c(C)oc3ncn(C)c(=O)c23)sc2c1CCCCC2. The van der Waals surface area contributed by atoms with Crippen molar-refractivity contribution in [2.24, 2.45) is 7.05 Å². The number of fused-ring (bicyclic) bond motifs is 2. The highest BCUT2D eigenvalue weighted by Gasteiger charge is 2.28. The number of nitrogens with zero attached hydrogens (tertiary/aromatic N) is 2. The van der Waals surface area contributed by atoms with E-state index >= 15 is 0 Å². The molecule has 3 heterocycles. The highest BCUT2D eigenvalue weighted by Crippen LogP contribution is 2.38. The first-order chi connectivity index (χ1) is 13.9. The summed E-state index contributed by atoms with van der Waals surface area (Å²) in [5.74, 6) is -0.676. The molecule has 0 saturated carbocycles. The van der Waals surface area contributed by atoms with E-state index in [2.05, 4.69) is 10.3 Å². The minimum Gasteiger partial charge on any atom is -0.465 e. The molecule has 3 aromatic heterocycles. The Morgan fingerprint density at radius 1 is 1.24 bits per heavy atom. The number of rotatable bonds is 3. The van der Waals surface area contributed by atoms with Crippen LogP contribution in [0.3, 0.4) is 0 Å². The minimum atomic E-state index is -0.507. The molecule has 29 heavy (non-hydrogen) atoms. The molecule has 0 aliphatic heterocycles. The number of methoxy groups -OCH3 is 1. The van der Waals surface area contributed by atoms with E-state index in [0.717, 1.165) is 42.5 Å². The van der Waals surface area contributed by atoms with Gasteiger partial charge in [0.05, 0.1) is 18.2 Å². The largest absolute Gasteiger partial charge is 0.465 e. The van der Waals surface area contributed by atoms with Gasteiger partial charge in [-0.15, -0.1) is 11.3 Å². The van der Waals surface area contributed by atoms with Crippen LogP contribution in [-0.2, 0) is 24.6 Å². The molecular weight excluding hydrogens is 394 g/mol. The standard InChI is InChI=1S/C20H21N3O5S/c1-10-13(15-17(28-10)21-9-23(2)19(15)25)16(24)22-18-14(20(26)27-3)11-7-5-4-6-8-12(11)29-18/h9H,4-8H2,1-3H3,(H,22,24). The van der Waals surface area contributed by atoms with Crippen LogP contribution < -0.4 is 10.9 Å². The van der Waals surface area contributed by atoms with Crippen LogP contribution in [-0.4, -0.2) is 28.5 Å². The molecule has 9 heteroatoms. The maximum absolute atomic E-state index is 13.1. The summed E-state index contributed by atoms with van der Waals surface area (Å²) in [4.78, 5) is 43.3. The molecule has 0 spiro atoms. The maximum Gasteiger partial charge on any atom is 0.341 e. The molecule has 1 N–H and O–H groups in total. The van der Waals surface area contributed by atoms with Crippen molar-refractivity contribution in [2.45, 2.75) is 39.0 Å². The van der Waals surface area contributed by atoms with E-state index in [1.54, 1.807) is 14.0 Å². The van der Waals surface area contributed by atoms with Crippen molar-refractivity contribution in [3.63, 3.8) is 0 Å². The van der Waals surface area contributed by atoms with E-state index in [-0.39, 0.29) is 22.2 Å². The van der Waals surface area contributed by atoms with Gasteiger partial charge in [0.2, 0.25) is 5.71 Å². The lowest BCUT2D eigenvalue weighted by Gasteiger charge is -2.07.